The SMILES string of the molecule is CCc1ccc(NCC2CCCOC2)cc1C. The summed E-state index contributed by atoms with van der Waals surface area (Å²) in [5.41, 5.74) is 4.07. The third-order valence-electron chi connectivity index (χ3n) is 3.57. The van der Waals surface area contributed by atoms with Crippen LogP contribution in [0.2, 0.25) is 0 Å². The monoisotopic (exact) mass is 233 g/mol. The van der Waals surface area contributed by atoms with Crippen LogP contribution in [0.25, 0.3) is 0 Å². The Bertz CT molecular complexity index is 356. The Balaban J connectivity index is 1.87. The highest BCUT2D eigenvalue weighted by atomic mass is 16.5. The Hall–Kier alpha value is -1.02. The van der Waals surface area contributed by atoms with E-state index in [2.05, 4.69) is 37.4 Å². The van der Waals surface area contributed by atoms with Gasteiger partial charge in [-0.3, -0.25) is 0 Å². The maximum Gasteiger partial charge on any atom is 0.0511 e. The number of anilines is 1. The Morgan fingerprint density at radius 1 is 1.41 bits per heavy atom. The average molecular weight is 233 g/mol. The lowest BCUT2D eigenvalue weighted by Crippen LogP contribution is -2.24. The minimum absolute atomic E-state index is 0.676. The third-order valence-corrected chi connectivity index (χ3v) is 3.57. The zero-order valence-corrected chi connectivity index (χ0v) is 11.0. The minimum Gasteiger partial charge on any atom is -0.385 e. The van der Waals surface area contributed by atoms with Gasteiger partial charge >= 0.3 is 0 Å². The molecule has 1 atom stereocenters. The van der Waals surface area contributed by atoms with E-state index in [9.17, 15) is 0 Å². The molecule has 2 rings (SSSR count). The average Bonchev–Trinajstić information content (AvgIpc) is 2.38. The van der Waals surface area contributed by atoms with Gasteiger partial charge in [0, 0.05) is 18.8 Å². The number of hydrogen-bond donors (Lipinski definition) is 1. The van der Waals surface area contributed by atoms with E-state index in [1.807, 2.05) is 0 Å². The smallest absolute Gasteiger partial charge is 0.0511 e. The molecule has 17 heavy (non-hydrogen) atoms. The molecule has 0 bridgehead atoms. The molecule has 1 saturated heterocycles. The lowest BCUT2D eigenvalue weighted by atomic mass is 10.0. The highest BCUT2D eigenvalue weighted by molar-refractivity contribution is 5.48. The number of benzene rings is 1. The van der Waals surface area contributed by atoms with Crippen LogP contribution in [0.15, 0.2) is 18.2 Å². The predicted molar refractivity (Wildman–Crippen MR) is 72.6 cm³/mol. The fourth-order valence-electron chi connectivity index (χ4n) is 2.43. The molecule has 1 heterocycles. The number of nitrogens with one attached hydrogen (secondary N) is 1. The molecule has 1 N–H and O–H groups in total. The largest absolute Gasteiger partial charge is 0.385 e. The van der Waals surface area contributed by atoms with Crippen LogP contribution >= 0.6 is 0 Å². The molecule has 0 aliphatic carbocycles. The van der Waals surface area contributed by atoms with Crippen LogP contribution in [0.1, 0.15) is 30.9 Å². The highest BCUT2D eigenvalue weighted by Crippen LogP contribution is 2.18. The van der Waals surface area contributed by atoms with Crippen LogP contribution in [-0.2, 0) is 11.2 Å². The summed E-state index contributed by atoms with van der Waals surface area (Å²) in [4.78, 5) is 0. The summed E-state index contributed by atoms with van der Waals surface area (Å²) in [6.45, 7) is 7.28. The first-order valence-corrected chi connectivity index (χ1v) is 6.70. The van der Waals surface area contributed by atoms with Crippen molar-refractivity contribution in [3.63, 3.8) is 0 Å². The molecular weight excluding hydrogens is 210 g/mol. The van der Waals surface area contributed by atoms with Crippen molar-refractivity contribution in [3.05, 3.63) is 29.3 Å². The number of aryl methyl sites for hydroxylation is 2. The topological polar surface area (TPSA) is 21.3 Å². The van der Waals surface area contributed by atoms with E-state index in [0.717, 1.165) is 26.2 Å². The molecule has 0 spiro atoms. The number of hydrogen-bond acceptors (Lipinski definition) is 2. The van der Waals surface area contributed by atoms with Gasteiger partial charge in [0.2, 0.25) is 0 Å². The van der Waals surface area contributed by atoms with Crippen molar-refractivity contribution in [2.45, 2.75) is 33.1 Å². The molecule has 0 radical (unpaired) electrons. The number of rotatable bonds is 4. The van der Waals surface area contributed by atoms with Gasteiger partial charge in [-0.2, -0.15) is 0 Å². The zero-order chi connectivity index (χ0) is 12.1. The van der Waals surface area contributed by atoms with E-state index in [1.54, 1.807) is 0 Å². The highest BCUT2D eigenvalue weighted by Gasteiger charge is 2.13. The molecule has 0 amide bonds. The van der Waals surface area contributed by atoms with Gasteiger partial charge in [-0.25, -0.2) is 0 Å². The molecule has 1 aliphatic heterocycles. The third kappa shape index (κ3) is 3.47. The summed E-state index contributed by atoms with van der Waals surface area (Å²) >= 11 is 0. The maximum absolute atomic E-state index is 5.49. The van der Waals surface area contributed by atoms with Crippen molar-refractivity contribution in [2.24, 2.45) is 5.92 Å². The zero-order valence-electron chi connectivity index (χ0n) is 11.0. The molecule has 0 saturated carbocycles. The Morgan fingerprint density at radius 2 is 2.29 bits per heavy atom. The molecular formula is C15H23NO. The normalized spacial score (nSPS) is 20.2. The van der Waals surface area contributed by atoms with Gasteiger partial charge in [-0.15, -0.1) is 0 Å². The molecule has 1 fully saturated rings. The van der Waals surface area contributed by atoms with E-state index in [-0.39, 0.29) is 0 Å². The van der Waals surface area contributed by atoms with Crippen LogP contribution in [0.5, 0.6) is 0 Å². The van der Waals surface area contributed by atoms with Gasteiger partial charge in [0.1, 0.15) is 0 Å². The lowest BCUT2D eigenvalue weighted by Gasteiger charge is -2.22. The van der Waals surface area contributed by atoms with E-state index in [0.29, 0.717) is 5.92 Å². The van der Waals surface area contributed by atoms with Crippen molar-refractivity contribution in [1.29, 1.82) is 0 Å². The Labute approximate surface area is 104 Å². The van der Waals surface area contributed by atoms with Crippen LogP contribution in [0, 0.1) is 12.8 Å². The molecule has 0 aromatic heterocycles. The van der Waals surface area contributed by atoms with Crippen LogP contribution < -0.4 is 5.32 Å². The van der Waals surface area contributed by atoms with Gasteiger partial charge in [0.05, 0.1) is 6.61 Å². The summed E-state index contributed by atoms with van der Waals surface area (Å²) in [6, 6.07) is 6.67. The van der Waals surface area contributed by atoms with Crippen LogP contribution in [-0.4, -0.2) is 19.8 Å². The number of ether oxygens (including phenoxy) is 1. The van der Waals surface area contributed by atoms with Crippen molar-refractivity contribution < 1.29 is 4.74 Å². The standard InChI is InChI=1S/C15H23NO/c1-3-14-6-7-15(9-12(14)2)16-10-13-5-4-8-17-11-13/h6-7,9,13,16H,3-5,8,10-11H2,1-2H3. The van der Waals surface area contributed by atoms with E-state index in [1.165, 1.54) is 29.7 Å². The van der Waals surface area contributed by atoms with Crippen LogP contribution in [0.3, 0.4) is 0 Å². The Morgan fingerprint density at radius 3 is 2.94 bits per heavy atom. The molecule has 2 nitrogen and oxygen atoms in total. The van der Waals surface area contributed by atoms with Crippen LogP contribution in [0.4, 0.5) is 5.69 Å². The van der Waals surface area contributed by atoms with Gasteiger partial charge in [-0.05, 0) is 55.4 Å². The molecule has 1 aliphatic rings. The van der Waals surface area contributed by atoms with Crippen molar-refractivity contribution >= 4 is 5.69 Å². The molecule has 94 valence electrons. The fourth-order valence-corrected chi connectivity index (χ4v) is 2.43. The molecule has 1 aromatic rings. The fraction of sp³-hybridized carbons (Fsp3) is 0.600. The van der Waals surface area contributed by atoms with E-state index < -0.39 is 0 Å². The summed E-state index contributed by atoms with van der Waals surface area (Å²) in [5.74, 6) is 0.676. The molecule has 2 heteroatoms. The first-order chi connectivity index (χ1) is 8.29. The maximum atomic E-state index is 5.49. The van der Waals surface area contributed by atoms with Crippen molar-refractivity contribution in [3.8, 4) is 0 Å². The first kappa shape index (κ1) is 12.4. The predicted octanol–water partition coefficient (Wildman–Crippen LogP) is 3.40. The van der Waals surface area contributed by atoms with Gasteiger partial charge in [0.25, 0.3) is 0 Å². The summed E-state index contributed by atoms with van der Waals surface area (Å²) in [5, 5.41) is 3.53. The van der Waals surface area contributed by atoms with Gasteiger partial charge in [-0.1, -0.05) is 13.0 Å². The minimum atomic E-state index is 0.676. The lowest BCUT2D eigenvalue weighted by molar-refractivity contribution is 0.0595. The summed E-state index contributed by atoms with van der Waals surface area (Å²) in [7, 11) is 0. The van der Waals surface area contributed by atoms with E-state index >= 15 is 0 Å². The molecule has 1 aromatic carbocycles. The summed E-state index contributed by atoms with van der Waals surface area (Å²) < 4.78 is 5.49. The summed E-state index contributed by atoms with van der Waals surface area (Å²) in [6.07, 6.45) is 3.61. The van der Waals surface area contributed by atoms with Gasteiger partial charge < -0.3 is 10.1 Å². The first-order valence-electron chi connectivity index (χ1n) is 6.70. The van der Waals surface area contributed by atoms with Crippen molar-refractivity contribution in [1.82, 2.24) is 0 Å². The van der Waals surface area contributed by atoms with Crippen molar-refractivity contribution in [2.75, 3.05) is 25.1 Å². The quantitative estimate of drug-likeness (QED) is 0.860. The second-order valence-corrected chi connectivity index (χ2v) is 4.96. The van der Waals surface area contributed by atoms with E-state index in [4.69, 9.17) is 4.74 Å². The second kappa shape index (κ2) is 6.06. The second-order valence-electron chi connectivity index (χ2n) is 4.96. The van der Waals surface area contributed by atoms with Gasteiger partial charge in [0.15, 0.2) is 0 Å². The molecule has 1 unspecified atom stereocenters. The Kier molecular flexibility index (Phi) is 4.43.